The van der Waals surface area contributed by atoms with Crippen molar-refractivity contribution in [3.63, 3.8) is 0 Å². The Hall–Kier alpha value is -2.55. The fourth-order valence-electron chi connectivity index (χ4n) is 5.20. The van der Waals surface area contributed by atoms with Crippen molar-refractivity contribution in [2.24, 2.45) is 5.41 Å². The molecule has 35 heavy (non-hydrogen) atoms. The van der Waals surface area contributed by atoms with Crippen molar-refractivity contribution < 1.29 is 9.21 Å². The second-order valence-electron chi connectivity index (χ2n) is 11.1. The Morgan fingerprint density at radius 3 is 2.69 bits per heavy atom. The van der Waals surface area contributed by atoms with Gasteiger partial charge in [-0.1, -0.05) is 76.7 Å². The van der Waals surface area contributed by atoms with Gasteiger partial charge in [0.25, 0.3) is 5.91 Å². The van der Waals surface area contributed by atoms with Gasteiger partial charge in [-0.2, -0.15) is 0 Å². The molecule has 0 fully saturated rings. The molecule has 190 valence electrons. The van der Waals surface area contributed by atoms with Crippen LogP contribution in [0.5, 0.6) is 0 Å². The van der Waals surface area contributed by atoms with Gasteiger partial charge in [0.2, 0.25) is 0 Å². The molecule has 3 nitrogen and oxygen atoms in total. The summed E-state index contributed by atoms with van der Waals surface area (Å²) < 4.78 is 6.09. The van der Waals surface area contributed by atoms with E-state index in [4.69, 9.17) is 4.42 Å². The second kappa shape index (κ2) is 12.4. The first-order valence-electron chi connectivity index (χ1n) is 13.6. The monoisotopic (exact) mass is 475 g/mol. The summed E-state index contributed by atoms with van der Waals surface area (Å²) in [6.45, 7) is 13.4. The number of allylic oxidation sites excluding steroid dienone is 5. The molecule has 1 atom stereocenters. The maximum atomic E-state index is 12.8. The highest BCUT2D eigenvalue weighted by Crippen LogP contribution is 2.40. The van der Waals surface area contributed by atoms with E-state index >= 15 is 0 Å². The molecule has 3 rings (SSSR count). The van der Waals surface area contributed by atoms with Crippen molar-refractivity contribution >= 4 is 23.0 Å². The van der Waals surface area contributed by atoms with Crippen molar-refractivity contribution in [1.29, 1.82) is 0 Å². The molecule has 0 bridgehead atoms. The summed E-state index contributed by atoms with van der Waals surface area (Å²) in [4.78, 5) is 12.8. The van der Waals surface area contributed by atoms with E-state index < -0.39 is 0 Å². The highest BCUT2D eigenvalue weighted by atomic mass is 16.3. The Kier molecular flexibility index (Phi) is 9.60. The number of carbonyl (C=O) groups is 1. The van der Waals surface area contributed by atoms with E-state index in [1.54, 1.807) is 0 Å². The quantitative estimate of drug-likeness (QED) is 0.260. The standard InChI is InChI=1S/C32H45NO2/c1-7-8-9-10-11-14-25(4)33-31(34)27-17-16-26-21-28(35-30(26)22-27)20-23(2)15-18-29-24(3)13-12-19-32(29,5)6/h15-18,20-22,25H,7-14,19H2,1-6H3,(H,33,34)/b18-15+,23-20+. The third-order valence-corrected chi connectivity index (χ3v) is 7.34. The number of benzene rings is 1. The zero-order valence-corrected chi connectivity index (χ0v) is 22.8. The van der Waals surface area contributed by atoms with E-state index in [1.807, 2.05) is 24.3 Å². The normalized spacial score (nSPS) is 17.4. The number of furan rings is 1. The number of amides is 1. The van der Waals surface area contributed by atoms with Gasteiger partial charge in [-0.3, -0.25) is 4.79 Å². The number of carbonyl (C=O) groups excluding carboxylic acids is 1. The minimum Gasteiger partial charge on any atom is -0.457 e. The summed E-state index contributed by atoms with van der Waals surface area (Å²) in [6.07, 6.45) is 17.5. The lowest BCUT2D eigenvalue weighted by molar-refractivity contribution is 0.0938. The molecule has 1 amide bonds. The Labute approximate surface area is 212 Å². The molecule has 1 aromatic carbocycles. The first-order chi connectivity index (χ1) is 16.7. The first kappa shape index (κ1) is 27.0. The van der Waals surface area contributed by atoms with Crippen LogP contribution in [0.25, 0.3) is 17.0 Å². The maximum Gasteiger partial charge on any atom is 0.251 e. The van der Waals surface area contributed by atoms with Crippen LogP contribution in [0.2, 0.25) is 0 Å². The van der Waals surface area contributed by atoms with Gasteiger partial charge in [0.1, 0.15) is 11.3 Å². The molecule has 1 aliphatic carbocycles. The average Bonchev–Trinajstić information content (AvgIpc) is 3.19. The molecule has 1 unspecified atom stereocenters. The van der Waals surface area contributed by atoms with E-state index in [0.29, 0.717) is 5.56 Å². The number of rotatable bonds is 11. The maximum absolute atomic E-state index is 12.8. The summed E-state index contributed by atoms with van der Waals surface area (Å²) in [5.41, 5.74) is 5.76. The van der Waals surface area contributed by atoms with Crippen LogP contribution in [-0.4, -0.2) is 11.9 Å². The van der Waals surface area contributed by atoms with Crippen molar-refractivity contribution in [3.8, 4) is 0 Å². The lowest BCUT2D eigenvalue weighted by atomic mass is 9.72. The fraction of sp³-hybridized carbons (Fsp3) is 0.531. The highest BCUT2D eigenvalue weighted by molar-refractivity contribution is 5.98. The van der Waals surface area contributed by atoms with Gasteiger partial charge < -0.3 is 9.73 Å². The third kappa shape index (κ3) is 7.72. The minimum atomic E-state index is -0.0284. The van der Waals surface area contributed by atoms with Gasteiger partial charge in [0.05, 0.1) is 0 Å². The van der Waals surface area contributed by atoms with Gasteiger partial charge in [-0.05, 0) is 87.3 Å². The van der Waals surface area contributed by atoms with E-state index in [0.717, 1.165) is 35.1 Å². The zero-order chi connectivity index (χ0) is 25.4. The molecular formula is C32H45NO2. The lowest BCUT2D eigenvalue weighted by Crippen LogP contribution is -2.32. The molecular weight excluding hydrogens is 430 g/mol. The molecule has 1 N–H and O–H groups in total. The molecule has 0 aliphatic heterocycles. The Morgan fingerprint density at radius 1 is 1.17 bits per heavy atom. The molecule has 3 heteroatoms. The SMILES string of the molecule is CCCCCCCC(C)NC(=O)c1ccc2cc(/C=C(C)/C=C/C3=C(C)CCCC3(C)C)oc2c1. The van der Waals surface area contributed by atoms with Gasteiger partial charge >= 0.3 is 0 Å². The van der Waals surface area contributed by atoms with Crippen LogP contribution >= 0.6 is 0 Å². The molecule has 0 spiro atoms. The Balaban J connectivity index is 1.64. The topological polar surface area (TPSA) is 42.2 Å². The first-order valence-corrected chi connectivity index (χ1v) is 13.6. The number of hydrogen-bond donors (Lipinski definition) is 1. The molecule has 1 aromatic heterocycles. The van der Waals surface area contributed by atoms with Crippen molar-refractivity contribution in [1.82, 2.24) is 5.32 Å². The molecule has 2 aromatic rings. The van der Waals surface area contributed by atoms with Gasteiger partial charge in [-0.25, -0.2) is 0 Å². The molecule has 1 aliphatic rings. The van der Waals surface area contributed by atoms with Crippen molar-refractivity contribution in [3.05, 3.63) is 64.5 Å². The van der Waals surface area contributed by atoms with Gasteiger partial charge in [-0.15, -0.1) is 0 Å². The lowest BCUT2D eigenvalue weighted by Gasteiger charge is -2.32. The number of hydrogen-bond acceptors (Lipinski definition) is 2. The Morgan fingerprint density at radius 2 is 1.94 bits per heavy atom. The zero-order valence-electron chi connectivity index (χ0n) is 22.8. The van der Waals surface area contributed by atoms with Crippen LogP contribution in [-0.2, 0) is 0 Å². The van der Waals surface area contributed by atoms with Crippen molar-refractivity contribution in [2.45, 2.75) is 105 Å². The predicted octanol–water partition coefficient (Wildman–Crippen LogP) is 9.40. The average molecular weight is 476 g/mol. The smallest absolute Gasteiger partial charge is 0.251 e. The number of fused-ring (bicyclic) bond motifs is 1. The van der Waals surface area contributed by atoms with E-state index in [9.17, 15) is 4.79 Å². The second-order valence-corrected chi connectivity index (χ2v) is 11.1. The van der Waals surface area contributed by atoms with Crippen LogP contribution in [0.3, 0.4) is 0 Å². The minimum absolute atomic E-state index is 0.0284. The largest absolute Gasteiger partial charge is 0.457 e. The van der Waals surface area contributed by atoms with Gasteiger partial charge in [0, 0.05) is 17.0 Å². The molecule has 1 heterocycles. The third-order valence-electron chi connectivity index (χ3n) is 7.34. The summed E-state index contributed by atoms with van der Waals surface area (Å²) in [7, 11) is 0. The van der Waals surface area contributed by atoms with E-state index in [-0.39, 0.29) is 17.4 Å². The van der Waals surface area contributed by atoms with Crippen LogP contribution in [0.1, 0.15) is 115 Å². The fourth-order valence-corrected chi connectivity index (χ4v) is 5.20. The van der Waals surface area contributed by atoms with Crippen LogP contribution in [0, 0.1) is 5.41 Å². The van der Waals surface area contributed by atoms with Crippen LogP contribution < -0.4 is 5.32 Å². The van der Waals surface area contributed by atoms with Crippen LogP contribution in [0.4, 0.5) is 0 Å². The highest BCUT2D eigenvalue weighted by Gasteiger charge is 2.26. The summed E-state index contributed by atoms with van der Waals surface area (Å²) in [6, 6.07) is 7.95. The predicted molar refractivity (Wildman–Crippen MR) is 150 cm³/mol. The van der Waals surface area contributed by atoms with Crippen LogP contribution in [0.15, 0.2) is 57.6 Å². The van der Waals surface area contributed by atoms with Gasteiger partial charge in [0.15, 0.2) is 0 Å². The summed E-state index contributed by atoms with van der Waals surface area (Å²) >= 11 is 0. The summed E-state index contributed by atoms with van der Waals surface area (Å²) in [5.74, 6) is 0.785. The number of unbranched alkanes of at least 4 members (excludes halogenated alkanes) is 4. The Bertz CT molecular complexity index is 1100. The van der Waals surface area contributed by atoms with Crippen molar-refractivity contribution in [2.75, 3.05) is 0 Å². The number of nitrogens with one attached hydrogen (secondary N) is 1. The molecule has 0 saturated carbocycles. The summed E-state index contributed by atoms with van der Waals surface area (Å²) in [5, 5.41) is 4.16. The van der Waals surface area contributed by atoms with E-state index in [1.165, 1.54) is 56.1 Å². The molecule has 0 saturated heterocycles. The molecule has 0 radical (unpaired) electrons. The van der Waals surface area contributed by atoms with E-state index in [2.05, 4.69) is 65.1 Å².